The quantitative estimate of drug-likeness (QED) is 0.515. The number of rotatable bonds is 5. The molecule has 3 aromatic carbocycles. The second kappa shape index (κ2) is 9.18. The minimum absolute atomic E-state index is 0.292. The van der Waals surface area contributed by atoms with Gasteiger partial charge in [-0.25, -0.2) is 0 Å². The van der Waals surface area contributed by atoms with Crippen molar-refractivity contribution in [2.45, 2.75) is 6.04 Å². The zero-order valence-electron chi connectivity index (χ0n) is 15.8. The van der Waals surface area contributed by atoms with Crippen molar-refractivity contribution >= 4 is 22.1 Å². The van der Waals surface area contributed by atoms with Gasteiger partial charge in [-0.3, -0.25) is 9.91 Å². The van der Waals surface area contributed by atoms with Crippen LogP contribution in [0.4, 0.5) is 0 Å². The molecule has 1 heterocycles. The van der Waals surface area contributed by atoms with E-state index in [1.54, 1.807) is 0 Å². The van der Waals surface area contributed by atoms with Crippen molar-refractivity contribution in [3.63, 3.8) is 0 Å². The standard InChI is InChI=1S/C24H24BrN3/c25-23-13-11-20(12-14-23)19-26-28-17-15-27(16-18-28)24(21-7-3-1-4-8-21)22-9-5-2-6-10-22/h1-14,19,24H,15-18H2/b26-19-. The topological polar surface area (TPSA) is 18.8 Å². The Bertz CT molecular complexity index is 847. The molecule has 0 saturated carbocycles. The number of benzene rings is 3. The average molecular weight is 434 g/mol. The normalized spacial score (nSPS) is 15.4. The Balaban J connectivity index is 1.45. The van der Waals surface area contributed by atoms with E-state index in [1.807, 2.05) is 18.3 Å². The Kier molecular flexibility index (Phi) is 6.20. The van der Waals surface area contributed by atoms with Crippen molar-refractivity contribution in [2.75, 3.05) is 26.2 Å². The number of hydrazone groups is 1. The fourth-order valence-electron chi connectivity index (χ4n) is 3.67. The molecule has 1 aliphatic rings. The molecule has 0 amide bonds. The van der Waals surface area contributed by atoms with Crippen molar-refractivity contribution in [3.05, 3.63) is 106 Å². The lowest BCUT2D eigenvalue weighted by Gasteiger charge is -2.38. The van der Waals surface area contributed by atoms with Gasteiger partial charge in [-0.1, -0.05) is 88.7 Å². The van der Waals surface area contributed by atoms with Crippen molar-refractivity contribution < 1.29 is 0 Å². The number of hydrogen-bond donors (Lipinski definition) is 0. The van der Waals surface area contributed by atoms with Gasteiger partial charge in [0, 0.05) is 30.7 Å². The van der Waals surface area contributed by atoms with E-state index in [0.29, 0.717) is 6.04 Å². The van der Waals surface area contributed by atoms with Gasteiger partial charge in [0.15, 0.2) is 0 Å². The molecule has 0 atom stereocenters. The Morgan fingerprint density at radius 2 is 1.25 bits per heavy atom. The van der Waals surface area contributed by atoms with Crippen LogP contribution in [0, 0.1) is 0 Å². The first-order valence-electron chi connectivity index (χ1n) is 9.68. The number of nitrogens with zero attached hydrogens (tertiary/aromatic N) is 3. The second-order valence-electron chi connectivity index (χ2n) is 7.01. The third-order valence-electron chi connectivity index (χ3n) is 5.13. The first-order chi connectivity index (χ1) is 13.8. The van der Waals surface area contributed by atoms with Gasteiger partial charge in [0.25, 0.3) is 0 Å². The molecule has 1 aliphatic heterocycles. The average Bonchev–Trinajstić information content (AvgIpc) is 2.76. The van der Waals surface area contributed by atoms with Crippen LogP contribution >= 0.6 is 15.9 Å². The van der Waals surface area contributed by atoms with Gasteiger partial charge in [-0.2, -0.15) is 5.10 Å². The van der Waals surface area contributed by atoms with Crippen molar-refractivity contribution in [1.29, 1.82) is 0 Å². The molecular formula is C24H24BrN3. The lowest BCUT2D eigenvalue weighted by molar-refractivity contribution is 0.113. The summed E-state index contributed by atoms with van der Waals surface area (Å²) in [4.78, 5) is 2.57. The smallest absolute Gasteiger partial charge is 0.0603 e. The molecule has 0 bridgehead atoms. The fraction of sp³-hybridized carbons (Fsp3) is 0.208. The number of hydrogen-bond acceptors (Lipinski definition) is 3. The molecule has 0 aromatic heterocycles. The van der Waals surface area contributed by atoms with E-state index in [9.17, 15) is 0 Å². The summed E-state index contributed by atoms with van der Waals surface area (Å²) in [6, 6.07) is 30.1. The van der Waals surface area contributed by atoms with Gasteiger partial charge in [-0.05, 0) is 28.8 Å². The molecule has 0 radical (unpaired) electrons. The minimum atomic E-state index is 0.292. The Hall–Kier alpha value is -2.43. The van der Waals surface area contributed by atoms with E-state index in [2.05, 4.69) is 104 Å². The van der Waals surface area contributed by atoms with Crippen molar-refractivity contribution in [2.24, 2.45) is 5.10 Å². The maximum atomic E-state index is 4.69. The SMILES string of the molecule is Brc1ccc(/C=N\N2CCN(C(c3ccccc3)c3ccccc3)CC2)cc1. The molecule has 1 fully saturated rings. The Labute approximate surface area is 175 Å². The predicted molar refractivity (Wildman–Crippen MR) is 120 cm³/mol. The largest absolute Gasteiger partial charge is 0.294 e. The fourth-order valence-corrected chi connectivity index (χ4v) is 3.93. The highest BCUT2D eigenvalue weighted by Gasteiger charge is 2.25. The Morgan fingerprint density at radius 1 is 0.714 bits per heavy atom. The number of halogens is 1. The Morgan fingerprint density at radius 3 is 1.79 bits per heavy atom. The summed E-state index contributed by atoms with van der Waals surface area (Å²) in [5.74, 6) is 0. The molecule has 1 saturated heterocycles. The zero-order valence-corrected chi connectivity index (χ0v) is 17.4. The summed E-state index contributed by atoms with van der Waals surface area (Å²) in [7, 11) is 0. The third kappa shape index (κ3) is 4.70. The second-order valence-corrected chi connectivity index (χ2v) is 7.93. The molecular weight excluding hydrogens is 410 g/mol. The van der Waals surface area contributed by atoms with E-state index in [4.69, 9.17) is 0 Å². The van der Waals surface area contributed by atoms with Gasteiger partial charge < -0.3 is 0 Å². The van der Waals surface area contributed by atoms with Crippen LogP contribution in [0.5, 0.6) is 0 Å². The van der Waals surface area contributed by atoms with Crippen LogP contribution in [0.25, 0.3) is 0 Å². The maximum absolute atomic E-state index is 4.69. The summed E-state index contributed by atoms with van der Waals surface area (Å²) in [5, 5.41) is 6.86. The van der Waals surface area contributed by atoms with Crippen LogP contribution in [0.2, 0.25) is 0 Å². The summed E-state index contributed by atoms with van der Waals surface area (Å²) < 4.78 is 1.09. The van der Waals surface area contributed by atoms with Crippen LogP contribution in [0.15, 0.2) is 94.5 Å². The lowest BCUT2D eigenvalue weighted by atomic mass is 9.96. The highest BCUT2D eigenvalue weighted by molar-refractivity contribution is 9.10. The van der Waals surface area contributed by atoms with Crippen LogP contribution in [-0.4, -0.2) is 42.3 Å². The van der Waals surface area contributed by atoms with E-state index in [-0.39, 0.29) is 0 Å². The number of piperazine rings is 1. The zero-order chi connectivity index (χ0) is 19.2. The molecule has 142 valence electrons. The molecule has 3 nitrogen and oxygen atoms in total. The van der Waals surface area contributed by atoms with Crippen LogP contribution in [-0.2, 0) is 0 Å². The van der Waals surface area contributed by atoms with Crippen molar-refractivity contribution in [3.8, 4) is 0 Å². The van der Waals surface area contributed by atoms with Crippen LogP contribution < -0.4 is 0 Å². The van der Waals surface area contributed by atoms with Gasteiger partial charge in [0.1, 0.15) is 0 Å². The van der Waals surface area contributed by atoms with Crippen molar-refractivity contribution in [1.82, 2.24) is 9.91 Å². The van der Waals surface area contributed by atoms with Crippen LogP contribution in [0.1, 0.15) is 22.7 Å². The van der Waals surface area contributed by atoms with Gasteiger partial charge >= 0.3 is 0 Å². The molecule has 28 heavy (non-hydrogen) atoms. The molecule has 0 N–H and O–H groups in total. The summed E-state index contributed by atoms with van der Waals surface area (Å²) >= 11 is 3.47. The van der Waals surface area contributed by atoms with Crippen LogP contribution in [0.3, 0.4) is 0 Å². The van der Waals surface area contributed by atoms with Gasteiger partial charge in [0.05, 0.1) is 12.3 Å². The molecule has 4 heteroatoms. The predicted octanol–water partition coefficient (Wildman–Crippen LogP) is 5.19. The van der Waals surface area contributed by atoms with E-state index in [1.165, 1.54) is 11.1 Å². The third-order valence-corrected chi connectivity index (χ3v) is 5.66. The minimum Gasteiger partial charge on any atom is -0.294 e. The molecule has 0 aliphatic carbocycles. The monoisotopic (exact) mass is 433 g/mol. The van der Waals surface area contributed by atoms with E-state index in [0.717, 1.165) is 36.2 Å². The summed E-state index contributed by atoms with van der Waals surface area (Å²) in [5.41, 5.74) is 3.82. The molecule has 0 spiro atoms. The summed E-state index contributed by atoms with van der Waals surface area (Å²) in [6.07, 6.45) is 1.95. The van der Waals surface area contributed by atoms with E-state index < -0.39 is 0 Å². The molecule has 4 rings (SSSR count). The molecule has 0 unspecified atom stereocenters. The first-order valence-corrected chi connectivity index (χ1v) is 10.5. The lowest BCUT2D eigenvalue weighted by Crippen LogP contribution is -2.45. The van der Waals surface area contributed by atoms with E-state index >= 15 is 0 Å². The highest BCUT2D eigenvalue weighted by atomic mass is 79.9. The summed E-state index contributed by atoms with van der Waals surface area (Å²) in [6.45, 7) is 3.85. The van der Waals surface area contributed by atoms with Gasteiger partial charge in [-0.15, -0.1) is 0 Å². The maximum Gasteiger partial charge on any atom is 0.0603 e. The highest BCUT2D eigenvalue weighted by Crippen LogP contribution is 2.29. The first kappa shape index (κ1) is 18.9. The van der Waals surface area contributed by atoms with Gasteiger partial charge in [0.2, 0.25) is 0 Å². The molecule has 3 aromatic rings.